The topological polar surface area (TPSA) is 134 Å². The second-order valence-electron chi connectivity index (χ2n) is 9.84. The summed E-state index contributed by atoms with van der Waals surface area (Å²) in [7, 11) is 4.06. The zero-order valence-corrected chi connectivity index (χ0v) is 25.4. The molecule has 0 aliphatic carbocycles. The molecule has 0 radical (unpaired) electrons. The minimum Gasteiger partial charge on any atom is -0.309 e. The quantitative estimate of drug-likeness (QED) is 0.169. The summed E-state index contributed by atoms with van der Waals surface area (Å²) in [5.41, 5.74) is 1.62. The van der Waals surface area contributed by atoms with Gasteiger partial charge in [-0.2, -0.15) is 22.0 Å². The van der Waals surface area contributed by atoms with Crippen LogP contribution in [0.2, 0.25) is 10.0 Å². The van der Waals surface area contributed by atoms with Crippen LogP contribution >= 0.6 is 35.0 Å². The number of aromatic nitrogens is 4. The van der Waals surface area contributed by atoms with Crippen LogP contribution in [0.4, 0.5) is 11.6 Å². The number of aromatic amines is 2. The van der Waals surface area contributed by atoms with Crippen molar-refractivity contribution >= 4 is 80.2 Å². The average molecular weight is 621 g/mol. The van der Waals surface area contributed by atoms with Crippen LogP contribution in [0.1, 0.15) is 6.42 Å². The van der Waals surface area contributed by atoms with E-state index in [0.29, 0.717) is 28.2 Å². The smallest absolute Gasteiger partial charge is 0.239 e. The number of anilines is 2. The predicted octanol–water partition coefficient (Wildman–Crippen LogP) is 3.90. The lowest BCUT2D eigenvalue weighted by Gasteiger charge is -2.25. The fourth-order valence-electron chi connectivity index (χ4n) is 4.21. The number of halogens is 2. The Morgan fingerprint density at radius 2 is 1.49 bits per heavy atom. The van der Waals surface area contributed by atoms with Gasteiger partial charge in [-0.15, -0.1) is 0 Å². The van der Waals surface area contributed by atoms with Gasteiger partial charge in [0.05, 0.1) is 24.1 Å². The van der Waals surface area contributed by atoms with Crippen LogP contribution in [0, 0.1) is 0 Å². The highest BCUT2D eigenvalue weighted by Crippen LogP contribution is 2.24. The molecule has 0 unspecified atom stereocenters. The highest BCUT2D eigenvalue weighted by atomic mass is 35.5. The molecule has 0 saturated carbocycles. The van der Waals surface area contributed by atoms with E-state index >= 15 is 0 Å². The van der Waals surface area contributed by atoms with Crippen molar-refractivity contribution in [2.45, 2.75) is 6.42 Å². The third kappa shape index (κ3) is 9.59. The summed E-state index contributed by atoms with van der Waals surface area (Å²) in [6.07, 6.45) is 1.00. The highest BCUT2D eigenvalue weighted by molar-refractivity contribution is 7.99. The molecule has 2 aromatic carbocycles. The van der Waals surface area contributed by atoms with Crippen LogP contribution in [0.3, 0.4) is 0 Å². The zero-order valence-electron chi connectivity index (χ0n) is 23.1. The second kappa shape index (κ2) is 15.4. The molecule has 2 aromatic heterocycles. The van der Waals surface area contributed by atoms with Crippen LogP contribution in [0.5, 0.6) is 0 Å². The van der Waals surface area contributed by atoms with Crippen LogP contribution in [0.15, 0.2) is 36.4 Å². The Morgan fingerprint density at radius 1 is 0.927 bits per heavy atom. The molecule has 0 atom stereocenters. The van der Waals surface area contributed by atoms with Crippen LogP contribution in [-0.4, -0.2) is 107 Å². The van der Waals surface area contributed by atoms with E-state index in [1.807, 2.05) is 38.0 Å². The fraction of sp³-hybridized carbons (Fsp3) is 0.407. The first-order valence-electron chi connectivity index (χ1n) is 13.3. The van der Waals surface area contributed by atoms with Gasteiger partial charge in [-0.05, 0) is 70.0 Å². The Labute approximate surface area is 253 Å². The summed E-state index contributed by atoms with van der Waals surface area (Å²) in [5.74, 6) is 3.15. The van der Waals surface area contributed by atoms with Crippen molar-refractivity contribution in [3.8, 4) is 0 Å². The summed E-state index contributed by atoms with van der Waals surface area (Å²) >= 11 is 13.8. The van der Waals surface area contributed by atoms with Gasteiger partial charge in [0, 0.05) is 45.4 Å². The molecule has 41 heavy (non-hydrogen) atoms. The average Bonchev–Trinajstić information content (AvgIpc) is 3.52. The maximum absolute atomic E-state index is 12.0. The molecule has 4 aromatic rings. The molecule has 3 heterocycles. The third-order valence-corrected chi connectivity index (χ3v) is 7.69. The van der Waals surface area contributed by atoms with Gasteiger partial charge >= 0.3 is 0 Å². The minimum absolute atomic E-state index is 0.0275. The standard InChI is InChI=1S/C14H20ClN5O.C13H15ClN4OS/c1-20(2)7-3-6-16-9-13(21)17-14-11-5-4-10(15)8-12(11)18-19-14;14-9-1-2-10-11(7-9)16-17-13(10)15-12(19)8-18-3-5-20-6-4-18/h4-5,8,16H,3,6-7,9H2,1-2H3,(H2,17,18,19,21);1-2,7H,3-6,8H2,(H2,15,16,17,19). The first-order valence-corrected chi connectivity index (χ1v) is 15.2. The van der Waals surface area contributed by atoms with Crippen molar-refractivity contribution in [3.63, 3.8) is 0 Å². The molecular weight excluding hydrogens is 585 g/mol. The van der Waals surface area contributed by atoms with Gasteiger partial charge in [0.25, 0.3) is 0 Å². The molecule has 11 nitrogen and oxygen atoms in total. The van der Waals surface area contributed by atoms with E-state index in [4.69, 9.17) is 23.2 Å². The Balaban J connectivity index is 0.000000189. The Bertz CT molecular complexity index is 1450. The summed E-state index contributed by atoms with van der Waals surface area (Å²) in [4.78, 5) is 28.2. The molecule has 1 fully saturated rings. The van der Waals surface area contributed by atoms with E-state index in [1.54, 1.807) is 24.3 Å². The minimum atomic E-state index is -0.108. The Hall–Kier alpha value is -2.87. The zero-order chi connectivity index (χ0) is 29.2. The molecule has 5 rings (SSSR count). The summed E-state index contributed by atoms with van der Waals surface area (Å²) in [6, 6.07) is 10.8. The first kappa shape index (κ1) is 31.1. The number of benzene rings is 2. The number of H-pyrrole nitrogens is 2. The largest absolute Gasteiger partial charge is 0.309 e. The van der Waals surface area contributed by atoms with E-state index in [1.165, 1.54) is 0 Å². The van der Waals surface area contributed by atoms with Crippen molar-refractivity contribution in [1.82, 2.24) is 35.5 Å². The number of hydrogen-bond acceptors (Lipinski definition) is 8. The number of carbonyl (C=O) groups excluding carboxylic acids is 2. The number of amides is 2. The van der Waals surface area contributed by atoms with Gasteiger partial charge < -0.3 is 20.9 Å². The van der Waals surface area contributed by atoms with Gasteiger partial charge in [0.15, 0.2) is 11.6 Å². The lowest BCUT2D eigenvalue weighted by molar-refractivity contribution is -0.117. The van der Waals surface area contributed by atoms with Gasteiger partial charge in [-0.1, -0.05) is 23.2 Å². The molecule has 1 aliphatic rings. The van der Waals surface area contributed by atoms with Gasteiger partial charge in [0.1, 0.15) is 0 Å². The maximum Gasteiger partial charge on any atom is 0.239 e. The normalized spacial score (nSPS) is 13.8. The number of rotatable bonds is 10. The number of hydrogen-bond donors (Lipinski definition) is 5. The van der Waals surface area contributed by atoms with E-state index in [-0.39, 0.29) is 18.4 Å². The molecule has 0 bridgehead atoms. The van der Waals surface area contributed by atoms with Crippen LogP contribution < -0.4 is 16.0 Å². The number of fused-ring (bicyclic) bond motifs is 2. The van der Waals surface area contributed by atoms with Crippen LogP contribution in [0.25, 0.3) is 21.8 Å². The fourth-order valence-corrected chi connectivity index (χ4v) is 5.53. The molecule has 220 valence electrons. The molecular formula is C27H35Cl2N9O2S. The lowest BCUT2D eigenvalue weighted by atomic mass is 10.2. The molecule has 1 aliphatic heterocycles. The van der Waals surface area contributed by atoms with E-state index in [2.05, 4.69) is 46.1 Å². The monoisotopic (exact) mass is 619 g/mol. The van der Waals surface area contributed by atoms with E-state index in [0.717, 1.165) is 65.9 Å². The van der Waals surface area contributed by atoms with E-state index in [9.17, 15) is 9.59 Å². The second-order valence-corrected chi connectivity index (χ2v) is 11.9. The molecule has 5 N–H and O–H groups in total. The SMILES string of the molecule is CN(C)CCCNCC(=O)Nc1n[nH]c2cc(Cl)ccc12.O=C(CN1CCSCC1)Nc1n[nH]c2cc(Cl)ccc12. The lowest BCUT2D eigenvalue weighted by Crippen LogP contribution is -2.38. The van der Waals surface area contributed by atoms with Crippen molar-refractivity contribution < 1.29 is 9.59 Å². The summed E-state index contributed by atoms with van der Waals surface area (Å²) in [6.45, 7) is 4.43. The van der Waals surface area contributed by atoms with Gasteiger partial charge in [0.2, 0.25) is 11.8 Å². The number of nitrogens with one attached hydrogen (secondary N) is 5. The van der Waals surface area contributed by atoms with Gasteiger partial charge in [-0.3, -0.25) is 24.7 Å². The van der Waals surface area contributed by atoms with Crippen molar-refractivity contribution in [2.24, 2.45) is 0 Å². The Kier molecular flexibility index (Phi) is 11.7. The first-order chi connectivity index (χ1) is 19.8. The predicted molar refractivity (Wildman–Crippen MR) is 169 cm³/mol. The number of thioether (sulfide) groups is 1. The molecule has 0 spiro atoms. The molecule has 1 saturated heterocycles. The Morgan fingerprint density at radius 3 is 2.05 bits per heavy atom. The third-order valence-electron chi connectivity index (χ3n) is 6.28. The number of carbonyl (C=O) groups is 2. The highest BCUT2D eigenvalue weighted by Gasteiger charge is 2.16. The summed E-state index contributed by atoms with van der Waals surface area (Å²) < 4.78 is 0. The molecule has 14 heteroatoms. The summed E-state index contributed by atoms with van der Waals surface area (Å²) in [5, 5.41) is 25.7. The van der Waals surface area contributed by atoms with Crippen molar-refractivity contribution in [3.05, 3.63) is 46.4 Å². The number of nitrogens with zero attached hydrogens (tertiary/aromatic N) is 4. The molecule has 2 amide bonds. The maximum atomic E-state index is 12.0. The van der Waals surface area contributed by atoms with Crippen LogP contribution in [-0.2, 0) is 9.59 Å². The van der Waals surface area contributed by atoms with Crippen molar-refractivity contribution in [1.29, 1.82) is 0 Å². The van der Waals surface area contributed by atoms with Crippen molar-refractivity contribution in [2.75, 3.05) is 75.5 Å². The van der Waals surface area contributed by atoms with Gasteiger partial charge in [-0.25, -0.2) is 0 Å². The van der Waals surface area contributed by atoms with E-state index < -0.39 is 0 Å².